The van der Waals surface area contributed by atoms with Gasteiger partial charge in [-0.25, -0.2) is 8.42 Å². The van der Waals surface area contributed by atoms with Gasteiger partial charge < -0.3 is 10.1 Å². The van der Waals surface area contributed by atoms with Gasteiger partial charge in [-0.05, 0) is 75.9 Å². The first-order valence-corrected chi connectivity index (χ1v) is 12.2. The Morgan fingerprint density at radius 3 is 2.32 bits per heavy atom. The van der Waals surface area contributed by atoms with Crippen LogP contribution in [0, 0.1) is 26.7 Å². The number of hydrogen-bond donors (Lipinski definition) is 1. The van der Waals surface area contributed by atoms with Crippen LogP contribution in [0.4, 0.5) is 0 Å². The van der Waals surface area contributed by atoms with Crippen molar-refractivity contribution < 1.29 is 17.9 Å². The summed E-state index contributed by atoms with van der Waals surface area (Å²) in [7, 11) is -3.52. The lowest BCUT2D eigenvalue weighted by Gasteiger charge is -2.31. The molecule has 1 aliphatic heterocycles. The Balaban J connectivity index is 1.48. The Hall–Kier alpha value is -2.38. The van der Waals surface area contributed by atoms with Crippen LogP contribution in [0.5, 0.6) is 5.75 Å². The number of carbonyl (C=O) groups is 1. The molecule has 1 heterocycles. The first kappa shape index (κ1) is 23.3. The van der Waals surface area contributed by atoms with Gasteiger partial charge in [-0.15, -0.1) is 0 Å². The topological polar surface area (TPSA) is 75.7 Å². The minimum atomic E-state index is -3.52. The molecule has 2 aromatic rings. The van der Waals surface area contributed by atoms with E-state index < -0.39 is 10.0 Å². The van der Waals surface area contributed by atoms with Crippen LogP contribution >= 0.6 is 0 Å². The van der Waals surface area contributed by atoms with E-state index in [1.165, 1.54) is 15.4 Å². The van der Waals surface area contributed by atoms with Crippen molar-refractivity contribution in [1.29, 1.82) is 0 Å². The van der Waals surface area contributed by atoms with Crippen LogP contribution in [0.2, 0.25) is 0 Å². The van der Waals surface area contributed by atoms with Crippen LogP contribution in [0.1, 0.15) is 36.5 Å². The summed E-state index contributed by atoms with van der Waals surface area (Å²) in [6.07, 6.45) is 1.03. The largest absolute Gasteiger partial charge is 0.491 e. The molecule has 1 amide bonds. The normalized spacial score (nSPS) is 16.6. The lowest BCUT2D eigenvalue weighted by molar-refractivity contribution is -0.126. The molecule has 0 spiro atoms. The number of hydrogen-bond acceptors (Lipinski definition) is 4. The van der Waals surface area contributed by atoms with Crippen LogP contribution in [0.15, 0.2) is 47.4 Å². The number of nitrogens with one attached hydrogen (secondary N) is 1. The fourth-order valence-corrected chi connectivity index (χ4v) is 5.11. The summed E-state index contributed by atoms with van der Waals surface area (Å²) in [4.78, 5) is 13.0. The van der Waals surface area contributed by atoms with E-state index >= 15 is 0 Å². The molecule has 2 aromatic carbocycles. The number of ether oxygens (including phenoxy) is 1. The monoisotopic (exact) mass is 444 g/mol. The predicted molar refractivity (Wildman–Crippen MR) is 122 cm³/mol. The Morgan fingerprint density at radius 1 is 1.06 bits per heavy atom. The van der Waals surface area contributed by atoms with E-state index in [0.29, 0.717) is 37.4 Å². The molecular formula is C24H32N2O4S. The minimum absolute atomic E-state index is 0.0384. The van der Waals surface area contributed by atoms with Crippen molar-refractivity contribution in [3.05, 3.63) is 59.2 Å². The number of nitrogens with zero attached hydrogens (tertiary/aromatic N) is 1. The molecule has 0 radical (unpaired) electrons. The van der Waals surface area contributed by atoms with Gasteiger partial charge in [-0.1, -0.05) is 23.8 Å². The average Bonchev–Trinajstić information content (AvgIpc) is 2.75. The van der Waals surface area contributed by atoms with Gasteiger partial charge in [0.25, 0.3) is 0 Å². The van der Waals surface area contributed by atoms with Crippen molar-refractivity contribution in [2.24, 2.45) is 5.92 Å². The summed E-state index contributed by atoms with van der Waals surface area (Å²) in [5, 5.41) is 3.01. The molecular weight excluding hydrogens is 412 g/mol. The summed E-state index contributed by atoms with van der Waals surface area (Å²) in [5.41, 5.74) is 3.40. The molecule has 7 heteroatoms. The van der Waals surface area contributed by atoms with Crippen molar-refractivity contribution in [3.8, 4) is 5.75 Å². The maximum Gasteiger partial charge on any atom is 0.243 e. The van der Waals surface area contributed by atoms with Crippen LogP contribution in [-0.4, -0.2) is 44.4 Å². The molecule has 1 N–H and O–H groups in total. The maximum absolute atomic E-state index is 12.8. The highest BCUT2D eigenvalue weighted by atomic mass is 32.2. The number of amides is 1. The van der Waals surface area contributed by atoms with Crippen molar-refractivity contribution in [2.45, 2.75) is 51.5 Å². The number of carbonyl (C=O) groups excluding carboxylic acids is 1. The van der Waals surface area contributed by atoms with Gasteiger partial charge in [0.15, 0.2) is 0 Å². The number of piperidine rings is 1. The minimum Gasteiger partial charge on any atom is -0.491 e. The van der Waals surface area contributed by atoms with E-state index in [0.717, 1.165) is 11.3 Å². The Kier molecular flexibility index (Phi) is 7.38. The van der Waals surface area contributed by atoms with Gasteiger partial charge in [-0.2, -0.15) is 4.31 Å². The SMILES string of the molecule is Cc1ccc(S(=O)(=O)N2CCC(C(=O)N[C@@H](C)COc3ccc(C)c(C)c3)CC2)cc1. The highest BCUT2D eigenvalue weighted by Crippen LogP contribution is 2.24. The van der Waals surface area contributed by atoms with Gasteiger partial charge in [-0.3, -0.25) is 4.79 Å². The van der Waals surface area contributed by atoms with E-state index in [-0.39, 0.29) is 17.9 Å². The van der Waals surface area contributed by atoms with Gasteiger partial charge in [0, 0.05) is 19.0 Å². The second-order valence-corrected chi connectivity index (χ2v) is 10.4. The molecule has 1 aliphatic rings. The lowest BCUT2D eigenvalue weighted by atomic mass is 9.97. The Labute approximate surface area is 185 Å². The van der Waals surface area contributed by atoms with Crippen LogP contribution in [-0.2, 0) is 14.8 Å². The number of benzene rings is 2. The zero-order chi connectivity index (χ0) is 22.6. The Bertz CT molecular complexity index is 1010. The van der Waals surface area contributed by atoms with Gasteiger partial charge >= 0.3 is 0 Å². The number of aryl methyl sites for hydroxylation is 3. The smallest absolute Gasteiger partial charge is 0.243 e. The molecule has 1 atom stereocenters. The van der Waals surface area contributed by atoms with Crippen LogP contribution in [0.25, 0.3) is 0 Å². The van der Waals surface area contributed by atoms with Crippen molar-refractivity contribution >= 4 is 15.9 Å². The second-order valence-electron chi connectivity index (χ2n) is 8.46. The fraction of sp³-hybridized carbons (Fsp3) is 0.458. The quantitative estimate of drug-likeness (QED) is 0.708. The average molecular weight is 445 g/mol. The molecule has 0 aromatic heterocycles. The van der Waals surface area contributed by atoms with E-state index in [9.17, 15) is 13.2 Å². The number of rotatable bonds is 7. The van der Waals surface area contributed by atoms with Gasteiger partial charge in [0.1, 0.15) is 12.4 Å². The Morgan fingerprint density at radius 2 is 1.71 bits per heavy atom. The highest BCUT2D eigenvalue weighted by molar-refractivity contribution is 7.89. The van der Waals surface area contributed by atoms with E-state index in [1.807, 2.05) is 39.0 Å². The predicted octanol–water partition coefficient (Wildman–Crippen LogP) is 3.60. The molecule has 3 rings (SSSR count). The molecule has 0 bridgehead atoms. The fourth-order valence-electron chi connectivity index (χ4n) is 3.64. The highest BCUT2D eigenvalue weighted by Gasteiger charge is 2.32. The maximum atomic E-state index is 12.8. The van der Waals surface area contributed by atoms with E-state index in [4.69, 9.17) is 4.74 Å². The van der Waals surface area contributed by atoms with E-state index in [2.05, 4.69) is 12.2 Å². The third-order valence-corrected chi connectivity index (χ3v) is 7.76. The second kappa shape index (κ2) is 9.83. The summed E-state index contributed by atoms with van der Waals surface area (Å²) in [6, 6.07) is 12.7. The van der Waals surface area contributed by atoms with Crippen molar-refractivity contribution in [3.63, 3.8) is 0 Å². The molecule has 31 heavy (non-hydrogen) atoms. The molecule has 168 valence electrons. The van der Waals surface area contributed by atoms with Gasteiger partial charge in [0.05, 0.1) is 10.9 Å². The lowest BCUT2D eigenvalue weighted by Crippen LogP contribution is -2.45. The summed E-state index contributed by atoms with van der Waals surface area (Å²) < 4.78 is 32.9. The summed E-state index contributed by atoms with van der Waals surface area (Å²) >= 11 is 0. The zero-order valence-electron chi connectivity index (χ0n) is 18.7. The molecule has 0 aliphatic carbocycles. The van der Waals surface area contributed by atoms with Crippen molar-refractivity contribution in [1.82, 2.24) is 9.62 Å². The zero-order valence-corrected chi connectivity index (χ0v) is 19.5. The first-order valence-electron chi connectivity index (χ1n) is 10.7. The third-order valence-electron chi connectivity index (χ3n) is 5.85. The van der Waals surface area contributed by atoms with Crippen LogP contribution in [0.3, 0.4) is 0 Å². The molecule has 6 nitrogen and oxygen atoms in total. The summed E-state index contributed by atoms with van der Waals surface area (Å²) in [6.45, 7) is 9.01. The molecule has 0 unspecified atom stereocenters. The summed E-state index contributed by atoms with van der Waals surface area (Å²) in [5.74, 6) is 0.566. The van der Waals surface area contributed by atoms with Crippen LogP contribution < -0.4 is 10.1 Å². The standard InChI is InChI=1S/C24H32N2O4S/c1-17-5-9-23(10-6-17)31(28,29)26-13-11-21(12-14-26)24(27)25-20(4)16-30-22-8-7-18(2)19(3)15-22/h5-10,15,20-21H,11-14,16H2,1-4H3,(H,25,27)/t20-/m0/s1. The molecule has 0 saturated carbocycles. The van der Waals surface area contributed by atoms with Gasteiger partial charge in [0.2, 0.25) is 15.9 Å². The number of sulfonamides is 1. The van der Waals surface area contributed by atoms with E-state index in [1.54, 1.807) is 24.3 Å². The van der Waals surface area contributed by atoms with Crippen molar-refractivity contribution in [2.75, 3.05) is 19.7 Å². The molecule has 1 saturated heterocycles. The molecule has 1 fully saturated rings. The first-order chi connectivity index (χ1) is 14.7. The third kappa shape index (κ3) is 5.86.